The van der Waals surface area contributed by atoms with Crippen LogP contribution in [0.15, 0.2) is 17.5 Å². The predicted molar refractivity (Wildman–Crippen MR) is 88.0 cm³/mol. The van der Waals surface area contributed by atoms with Crippen molar-refractivity contribution in [3.63, 3.8) is 0 Å². The maximum absolute atomic E-state index is 9.97. The molecule has 1 unspecified atom stereocenters. The van der Waals surface area contributed by atoms with Gasteiger partial charge in [-0.1, -0.05) is 6.07 Å². The number of thiophene rings is 1. The van der Waals surface area contributed by atoms with Gasteiger partial charge in [0.05, 0.1) is 18.8 Å². The monoisotopic (exact) mass is 312 g/mol. The number of β-amino-alcohol motifs (C(OH)–C–C–N with tert-alkyl or cyclic N) is 1. The maximum atomic E-state index is 9.97. The Morgan fingerprint density at radius 3 is 2.57 bits per heavy atom. The fraction of sp³-hybridized carbons (Fsp3) is 0.750. The summed E-state index contributed by atoms with van der Waals surface area (Å²) in [7, 11) is 0. The minimum atomic E-state index is -0.370. The molecule has 0 aliphatic carbocycles. The van der Waals surface area contributed by atoms with E-state index in [4.69, 9.17) is 4.74 Å². The second kappa shape index (κ2) is 8.86. The average molecular weight is 312 g/mol. The van der Waals surface area contributed by atoms with Crippen LogP contribution in [0.25, 0.3) is 0 Å². The van der Waals surface area contributed by atoms with Crippen LogP contribution in [0.5, 0.6) is 0 Å². The van der Waals surface area contributed by atoms with E-state index in [0.29, 0.717) is 6.61 Å². The molecule has 0 saturated carbocycles. The zero-order valence-corrected chi connectivity index (χ0v) is 14.0. The maximum Gasteiger partial charge on any atom is 0.0900 e. The first-order valence-electron chi connectivity index (χ1n) is 7.90. The first-order chi connectivity index (χ1) is 10.1. The molecule has 0 radical (unpaired) electrons. The summed E-state index contributed by atoms with van der Waals surface area (Å²) in [6.45, 7) is 10.6. The fourth-order valence-corrected chi connectivity index (χ4v) is 3.27. The zero-order chi connectivity index (χ0) is 15.1. The average Bonchev–Trinajstić information content (AvgIpc) is 2.98. The Bertz CT molecular complexity index is 376. The van der Waals surface area contributed by atoms with E-state index in [9.17, 15) is 5.11 Å². The topological polar surface area (TPSA) is 35.9 Å². The van der Waals surface area contributed by atoms with E-state index in [1.165, 1.54) is 4.88 Å². The molecule has 1 aromatic rings. The Labute approximate surface area is 132 Å². The third-order valence-corrected chi connectivity index (χ3v) is 4.75. The summed E-state index contributed by atoms with van der Waals surface area (Å²) >= 11 is 1.84. The third-order valence-electron chi connectivity index (χ3n) is 3.81. The van der Waals surface area contributed by atoms with Crippen LogP contribution < -0.4 is 0 Å². The molecule has 21 heavy (non-hydrogen) atoms. The van der Waals surface area contributed by atoms with E-state index in [0.717, 1.165) is 45.7 Å². The second-order valence-electron chi connectivity index (χ2n) is 6.01. The molecule has 0 amide bonds. The van der Waals surface area contributed by atoms with E-state index >= 15 is 0 Å². The molecule has 1 aliphatic rings. The molecule has 1 aliphatic heterocycles. The van der Waals surface area contributed by atoms with Gasteiger partial charge in [-0.2, -0.15) is 0 Å². The highest BCUT2D eigenvalue weighted by Crippen LogP contribution is 2.11. The van der Waals surface area contributed by atoms with Crippen molar-refractivity contribution >= 4 is 11.3 Å². The molecule has 1 saturated heterocycles. The molecule has 2 rings (SSSR count). The van der Waals surface area contributed by atoms with Gasteiger partial charge < -0.3 is 14.7 Å². The number of nitrogens with zero attached hydrogens (tertiary/aromatic N) is 2. The molecule has 1 N–H and O–H groups in total. The van der Waals surface area contributed by atoms with Crippen LogP contribution in [0.2, 0.25) is 0 Å². The minimum Gasteiger partial charge on any atom is -0.389 e. The van der Waals surface area contributed by atoms with Gasteiger partial charge in [0.25, 0.3) is 0 Å². The highest BCUT2D eigenvalue weighted by molar-refractivity contribution is 7.09. The lowest BCUT2D eigenvalue weighted by molar-refractivity contribution is -0.0144. The van der Waals surface area contributed by atoms with Gasteiger partial charge in [-0.3, -0.25) is 4.90 Å². The summed E-state index contributed by atoms with van der Waals surface area (Å²) in [5.74, 6) is 0. The van der Waals surface area contributed by atoms with Crippen LogP contribution in [-0.2, 0) is 11.2 Å². The number of rotatable bonds is 8. The highest BCUT2D eigenvalue weighted by Gasteiger charge is 2.19. The molecule has 1 aromatic heterocycles. The van der Waals surface area contributed by atoms with Crippen molar-refractivity contribution in [2.24, 2.45) is 0 Å². The van der Waals surface area contributed by atoms with Crippen molar-refractivity contribution in [3.05, 3.63) is 22.4 Å². The Morgan fingerprint density at radius 2 is 1.95 bits per heavy atom. The number of hydrogen-bond donors (Lipinski definition) is 1. The van der Waals surface area contributed by atoms with Gasteiger partial charge in [0.15, 0.2) is 0 Å². The summed E-state index contributed by atoms with van der Waals surface area (Å²) in [6, 6.07) is 4.34. The Morgan fingerprint density at radius 1 is 1.24 bits per heavy atom. The van der Waals surface area contributed by atoms with E-state index in [2.05, 4.69) is 27.3 Å². The van der Waals surface area contributed by atoms with Crippen LogP contribution >= 0.6 is 11.3 Å². The van der Waals surface area contributed by atoms with Crippen LogP contribution in [0, 0.1) is 0 Å². The first-order valence-corrected chi connectivity index (χ1v) is 8.78. The Hall–Kier alpha value is -0.460. The molecule has 4 nitrogen and oxygen atoms in total. The predicted octanol–water partition coefficient (Wildman–Crippen LogP) is 1.69. The van der Waals surface area contributed by atoms with Gasteiger partial charge in [0.2, 0.25) is 0 Å². The number of ether oxygens (including phenoxy) is 1. The van der Waals surface area contributed by atoms with Crippen molar-refractivity contribution in [2.45, 2.75) is 32.5 Å². The van der Waals surface area contributed by atoms with Crippen molar-refractivity contribution < 1.29 is 9.84 Å². The molecule has 2 heterocycles. The van der Waals surface area contributed by atoms with E-state index < -0.39 is 0 Å². The van der Waals surface area contributed by atoms with E-state index in [-0.39, 0.29) is 12.2 Å². The third kappa shape index (κ3) is 6.45. The second-order valence-corrected chi connectivity index (χ2v) is 7.04. The highest BCUT2D eigenvalue weighted by atomic mass is 32.1. The lowest BCUT2D eigenvalue weighted by Crippen LogP contribution is -2.49. The Balaban J connectivity index is 1.59. The normalized spacial score (nSPS) is 19.2. The lowest BCUT2D eigenvalue weighted by Gasteiger charge is -2.35. The number of aliphatic hydroxyl groups excluding tert-OH is 1. The lowest BCUT2D eigenvalue weighted by atomic mass is 10.2. The molecule has 1 atom stereocenters. The van der Waals surface area contributed by atoms with Gasteiger partial charge in [-0.15, -0.1) is 11.3 Å². The first kappa shape index (κ1) is 16.9. The van der Waals surface area contributed by atoms with Crippen LogP contribution in [0.3, 0.4) is 0 Å². The van der Waals surface area contributed by atoms with E-state index in [1.807, 2.05) is 25.2 Å². The van der Waals surface area contributed by atoms with Gasteiger partial charge in [-0.05, 0) is 31.7 Å². The van der Waals surface area contributed by atoms with Crippen molar-refractivity contribution in [1.29, 1.82) is 0 Å². The number of hydrogen-bond acceptors (Lipinski definition) is 5. The number of piperazine rings is 1. The molecule has 0 bridgehead atoms. The summed E-state index contributed by atoms with van der Waals surface area (Å²) < 4.78 is 5.46. The van der Waals surface area contributed by atoms with Crippen molar-refractivity contribution in [2.75, 3.05) is 45.9 Å². The molecule has 120 valence electrons. The van der Waals surface area contributed by atoms with Crippen LogP contribution in [0.1, 0.15) is 18.7 Å². The number of aliphatic hydroxyl groups is 1. The molecule has 0 aromatic carbocycles. The molecular weight excluding hydrogens is 284 g/mol. The Kier molecular flexibility index (Phi) is 7.13. The van der Waals surface area contributed by atoms with Crippen molar-refractivity contribution in [3.8, 4) is 0 Å². The molecule has 0 spiro atoms. The van der Waals surface area contributed by atoms with Crippen molar-refractivity contribution in [1.82, 2.24) is 9.80 Å². The molecular formula is C16H28N2O2S. The van der Waals surface area contributed by atoms with Crippen LogP contribution in [0.4, 0.5) is 0 Å². The van der Waals surface area contributed by atoms with Gasteiger partial charge >= 0.3 is 0 Å². The SMILES string of the molecule is CC(C)OCC(O)CN1CCN(CCc2cccs2)CC1. The molecule has 5 heteroatoms. The summed E-state index contributed by atoms with van der Waals surface area (Å²) in [6.07, 6.45) is 0.974. The standard InChI is InChI=1S/C16H28N2O2S/c1-14(2)20-13-15(19)12-18-9-7-17(8-10-18)6-5-16-4-3-11-21-16/h3-4,11,14-15,19H,5-10,12-13H2,1-2H3. The van der Waals surface area contributed by atoms with E-state index in [1.54, 1.807) is 0 Å². The fourth-order valence-electron chi connectivity index (χ4n) is 2.57. The van der Waals surface area contributed by atoms with Gasteiger partial charge in [-0.25, -0.2) is 0 Å². The molecule has 1 fully saturated rings. The quantitative estimate of drug-likeness (QED) is 0.792. The van der Waals surface area contributed by atoms with Crippen LogP contribution in [-0.4, -0.2) is 73.0 Å². The summed E-state index contributed by atoms with van der Waals surface area (Å²) in [5, 5.41) is 12.1. The largest absolute Gasteiger partial charge is 0.389 e. The summed E-state index contributed by atoms with van der Waals surface area (Å²) in [4.78, 5) is 6.34. The smallest absolute Gasteiger partial charge is 0.0900 e. The minimum absolute atomic E-state index is 0.189. The van der Waals surface area contributed by atoms with Gasteiger partial charge in [0.1, 0.15) is 0 Å². The van der Waals surface area contributed by atoms with Gasteiger partial charge in [0, 0.05) is 44.1 Å². The summed E-state index contributed by atoms with van der Waals surface area (Å²) in [5.41, 5.74) is 0. The zero-order valence-electron chi connectivity index (χ0n) is 13.2.